The lowest BCUT2D eigenvalue weighted by Gasteiger charge is -2.37. The second-order valence-corrected chi connectivity index (χ2v) is 9.57. The highest BCUT2D eigenvalue weighted by atomic mass is 19.1. The van der Waals surface area contributed by atoms with Crippen LogP contribution in [0.25, 0.3) is 21.9 Å². The van der Waals surface area contributed by atoms with Gasteiger partial charge in [0.2, 0.25) is 11.9 Å². The van der Waals surface area contributed by atoms with Gasteiger partial charge in [-0.25, -0.2) is 14.4 Å². The van der Waals surface area contributed by atoms with Gasteiger partial charge in [-0.15, -0.1) is 0 Å². The van der Waals surface area contributed by atoms with Crippen molar-refractivity contribution in [3.63, 3.8) is 0 Å². The number of carbonyl (C=O) groups excluding carboxylic acids is 1. The number of hydrogen-bond donors (Lipinski definition) is 1. The van der Waals surface area contributed by atoms with E-state index in [0.717, 1.165) is 40.7 Å². The number of aromatic hydroxyl groups is 1. The molecule has 4 aromatic rings. The van der Waals surface area contributed by atoms with E-state index in [1.165, 1.54) is 12.1 Å². The van der Waals surface area contributed by atoms with Crippen molar-refractivity contribution >= 4 is 28.3 Å². The van der Waals surface area contributed by atoms with Crippen molar-refractivity contribution in [1.82, 2.24) is 19.4 Å². The molecular weight excluding hydrogens is 487 g/mol. The van der Waals surface area contributed by atoms with Gasteiger partial charge in [0, 0.05) is 85.4 Å². The number of anilines is 2. The number of aromatic nitrogens is 3. The lowest BCUT2D eigenvalue weighted by molar-refractivity contribution is -0.132. The van der Waals surface area contributed by atoms with Gasteiger partial charge in [0.1, 0.15) is 12.4 Å². The first-order valence-electron chi connectivity index (χ1n) is 12.8. The Balaban J connectivity index is 1.14. The average Bonchev–Trinajstić information content (AvgIpc) is 3.28. The second-order valence-electron chi connectivity index (χ2n) is 9.57. The van der Waals surface area contributed by atoms with Gasteiger partial charge < -0.3 is 29.1 Å². The Morgan fingerprint density at radius 3 is 2.42 bits per heavy atom. The van der Waals surface area contributed by atoms with Crippen LogP contribution in [0.5, 0.6) is 5.88 Å². The number of hydrogen-bond acceptors (Lipinski definition) is 7. The molecule has 0 radical (unpaired) electrons. The number of benzene rings is 2. The van der Waals surface area contributed by atoms with Gasteiger partial charge in [0.15, 0.2) is 5.88 Å². The van der Waals surface area contributed by atoms with E-state index in [-0.39, 0.29) is 24.1 Å². The maximum atomic E-state index is 14.3. The summed E-state index contributed by atoms with van der Waals surface area (Å²) in [6.07, 6.45) is 5.28. The summed E-state index contributed by atoms with van der Waals surface area (Å²) in [4.78, 5) is 28.2. The van der Waals surface area contributed by atoms with E-state index in [1.807, 2.05) is 29.2 Å². The fourth-order valence-corrected chi connectivity index (χ4v) is 5.16. The number of nitrogens with zero attached hydrogens (tertiary/aromatic N) is 6. The number of carbonyl (C=O) groups is 1. The molecule has 196 valence electrons. The zero-order valence-corrected chi connectivity index (χ0v) is 21.0. The molecule has 1 N–H and O–H groups in total. The first kappa shape index (κ1) is 24.2. The molecule has 4 heterocycles. The smallest absolute Gasteiger partial charge is 0.242 e. The van der Waals surface area contributed by atoms with Gasteiger partial charge in [0.05, 0.1) is 13.2 Å². The van der Waals surface area contributed by atoms with Crippen molar-refractivity contribution in [3.8, 4) is 17.0 Å². The third kappa shape index (κ3) is 4.74. The van der Waals surface area contributed by atoms with Gasteiger partial charge in [-0.2, -0.15) is 0 Å². The number of amides is 1. The summed E-state index contributed by atoms with van der Waals surface area (Å²) in [7, 11) is 0. The van der Waals surface area contributed by atoms with Gasteiger partial charge in [-0.3, -0.25) is 4.79 Å². The Bertz CT molecular complexity index is 1440. The molecule has 2 aliphatic heterocycles. The van der Waals surface area contributed by atoms with Crippen LogP contribution in [-0.2, 0) is 16.1 Å². The van der Waals surface area contributed by atoms with Crippen molar-refractivity contribution in [2.45, 2.75) is 6.54 Å². The van der Waals surface area contributed by atoms with E-state index in [0.29, 0.717) is 45.3 Å². The molecule has 0 atom stereocenters. The molecule has 0 bridgehead atoms. The lowest BCUT2D eigenvalue weighted by Crippen LogP contribution is -2.49. The lowest BCUT2D eigenvalue weighted by atomic mass is 10.0. The Kier molecular flexibility index (Phi) is 6.55. The fourth-order valence-electron chi connectivity index (χ4n) is 5.16. The number of ether oxygens (including phenoxy) is 1. The first-order chi connectivity index (χ1) is 18.6. The maximum absolute atomic E-state index is 14.3. The SMILES string of the molecule is O=C(Cn1cc2ccccc2c1O)N1CCN(c2ccc(F)cc2-c2cnc(N3CCOCC3)nc2)CC1. The number of halogens is 1. The van der Waals surface area contributed by atoms with Crippen LogP contribution in [0.4, 0.5) is 16.0 Å². The molecule has 0 unspecified atom stereocenters. The largest absolute Gasteiger partial charge is 0.494 e. The highest BCUT2D eigenvalue weighted by Gasteiger charge is 2.24. The molecule has 6 rings (SSSR count). The quantitative estimate of drug-likeness (QED) is 0.436. The number of morpholine rings is 1. The van der Waals surface area contributed by atoms with Crippen molar-refractivity contribution < 1.29 is 19.0 Å². The predicted molar refractivity (Wildman–Crippen MR) is 143 cm³/mol. The molecule has 9 nitrogen and oxygen atoms in total. The summed E-state index contributed by atoms with van der Waals surface area (Å²) in [6, 6.07) is 12.3. The monoisotopic (exact) mass is 516 g/mol. The summed E-state index contributed by atoms with van der Waals surface area (Å²) in [5.41, 5.74) is 2.35. The van der Waals surface area contributed by atoms with Crippen LogP contribution in [0.3, 0.4) is 0 Å². The van der Waals surface area contributed by atoms with Crippen molar-refractivity contribution in [3.05, 3.63) is 66.9 Å². The summed E-state index contributed by atoms with van der Waals surface area (Å²) in [6.45, 7) is 5.14. The number of fused-ring (bicyclic) bond motifs is 1. The van der Waals surface area contributed by atoms with E-state index >= 15 is 0 Å². The Labute approximate surface area is 219 Å². The summed E-state index contributed by atoms with van der Waals surface area (Å²) < 4.78 is 21.3. The normalized spacial score (nSPS) is 16.3. The van der Waals surface area contributed by atoms with Crippen molar-refractivity contribution in [2.75, 3.05) is 62.3 Å². The molecule has 2 fully saturated rings. The minimum atomic E-state index is -0.325. The van der Waals surface area contributed by atoms with Gasteiger partial charge >= 0.3 is 0 Å². The first-order valence-corrected chi connectivity index (χ1v) is 12.8. The maximum Gasteiger partial charge on any atom is 0.242 e. The highest BCUT2D eigenvalue weighted by molar-refractivity contribution is 5.89. The second kappa shape index (κ2) is 10.3. The summed E-state index contributed by atoms with van der Waals surface area (Å²) >= 11 is 0. The van der Waals surface area contributed by atoms with Gasteiger partial charge in [0.25, 0.3) is 0 Å². The number of piperazine rings is 1. The summed E-state index contributed by atoms with van der Waals surface area (Å²) in [5.74, 6) is 0.370. The van der Waals surface area contributed by atoms with E-state index in [1.54, 1.807) is 29.2 Å². The molecule has 1 amide bonds. The van der Waals surface area contributed by atoms with Crippen molar-refractivity contribution in [2.24, 2.45) is 0 Å². The topological polar surface area (TPSA) is 87.0 Å². The van der Waals surface area contributed by atoms with Crippen molar-refractivity contribution in [1.29, 1.82) is 0 Å². The van der Waals surface area contributed by atoms with Gasteiger partial charge in [-0.05, 0) is 24.3 Å². The average molecular weight is 517 g/mol. The Morgan fingerprint density at radius 2 is 1.68 bits per heavy atom. The van der Waals surface area contributed by atoms with Crippen LogP contribution in [-0.4, -0.2) is 82.9 Å². The van der Waals surface area contributed by atoms with Crippen LogP contribution >= 0.6 is 0 Å². The van der Waals surface area contributed by atoms with E-state index in [9.17, 15) is 14.3 Å². The molecule has 2 aromatic heterocycles. The standard InChI is InChI=1S/C28H29FN6O3/c29-22-5-6-25(24(15-22)21-16-30-28(31-17-21)34-11-13-38-14-12-34)32-7-9-33(10-8-32)26(36)19-35-18-20-3-1-2-4-23(20)27(35)37/h1-6,15-18,37H,7-14,19H2. The van der Waals surface area contributed by atoms with Crippen LogP contribution in [0.2, 0.25) is 0 Å². The molecule has 2 aliphatic rings. The van der Waals surface area contributed by atoms with Gasteiger partial charge in [-0.1, -0.05) is 18.2 Å². The minimum Gasteiger partial charge on any atom is -0.494 e. The van der Waals surface area contributed by atoms with Crippen LogP contribution in [0.1, 0.15) is 0 Å². The molecule has 0 aliphatic carbocycles. The summed E-state index contributed by atoms with van der Waals surface area (Å²) in [5, 5.41) is 12.1. The zero-order chi connectivity index (χ0) is 26.1. The van der Waals surface area contributed by atoms with E-state index in [2.05, 4.69) is 19.8 Å². The highest BCUT2D eigenvalue weighted by Crippen LogP contribution is 2.32. The third-order valence-corrected chi connectivity index (χ3v) is 7.25. The van der Waals surface area contributed by atoms with Crippen LogP contribution in [0, 0.1) is 5.82 Å². The van der Waals surface area contributed by atoms with E-state index in [4.69, 9.17) is 4.74 Å². The van der Waals surface area contributed by atoms with E-state index < -0.39 is 0 Å². The molecule has 0 saturated carbocycles. The zero-order valence-electron chi connectivity index (χ0n) is 21.0. The minimum absolute atomic E-state index is 0.0494. The molecular formula is C28H29FN6O3. The van der Waals surface area contributed by atoms with Crippen LogP contribution in [0.15, 0.2) is 61.1 Å². The molecule has 2 aromatic carbocycles. The molecule has 2 saturated heterocycles. The molecule has 10 heteroatoms. The molecule has 0 spiro atoms. The fraction of sp³-hybridized carbons (Fsp3) is 0.321. The predicted octanol–water partition coefficient (Wildman–Crippen LogP) is 3.13. The third-order valence-electron chi connectivity index (χ3n) is 7.25. The Morgan fingerprint density at radius 1 is 0.947 bits per heavy atom. The Hall–Kier alpha value is -4.18. The number of rotatable bonds is 5. The van der Waals surface area contributed by atoms with Crippen LogP contribution < -0.4 is 9.80 Å². The molecule has 38 heavy (non-hydrogen) atoms.